The Labute approximate surface area is 112 Å². The molecule has 2 N–H and O–H groups in total. The van der Waals surface area contributed by atoms with Crippen molar-refractivity contribution < 1.29 is 4.79 Å². The van der Waals surface area contributed by atoms with Crippen molar-refractivity contribution in [3.8, 4) is 0 Å². The van der Waals surface area contributed by atoms with Crippen LogP contribution in [0.3, 0.4) is 0 Å². The molecule has 6 heteroatoms. The van der Waals surface area contributed by atoms with E-state index in [-0.39, 0.29) is 29.9 Å². The number of pyridine rings is 1. The summed E-state index contributed by atoms with van der Waals surface area (Å²) in [5.41, 5.74) is 0.620. The lowest BCUT2D eigenvalue weighted by Crippen LogP contribution is -2.35. The van der Waals surface area contributed by atoms with Gasteiger partial charge in [-0.25, -0.2) is 0 Å². The largest absolute Gasteiger partial charge is 0.323 e. The number of rotatable bonds is 3. The summed E-state index contributed by atoms with van der Waals surface area (Å²) in [6.45, 7) is 3.39. The van der Waals surface area contributed by atoms with E-state index in [0.29, 0.717) is 12.2 Å². The van der Waals surface area contributed by atoms with Gasteiger partial charge in [0.2, 0.25) is 5.91 Å². The number of aromatic nitrogens is 1. The van der Waals surface area contributed by atoms with Gasteiger partial charge in [-0.1, -0.05) is 0 Å². The lowest BCUT2D eigenvalue weighted by atomic mass is 10.2. The lowest BCUT2D eigenvalue weighted by Gasteiger charge is -2.12. The molecule has 0 aromatic carbocycles. The number of carbonyl (C=O) groups is 1. The Kier molecular flexibility index (Phi) is 5.37. The van der Waals surface area contributed by atoms with E-state index in [1.807, 2.05) is 6.92 Å². The number of hydrogen-bond donors (Lipinski definition) is 2. The van der Waals surface area contributed by atoms with Gasteiger partial charge in [0.05, 0.1) is 11.7 Å². The molecule has 2 heterocycles. The van der Waals surface area contributed by atoms with Gasteiger partial charge in [0.25, 0.3) is 5.56 Å². The van der Waals surface area contributed by atoms with Crippen LogP contribution in [-0.2, 0) is 11.3 Å². The highest BCUT2D eigenvalue weighted by atomic mass is 35.5. The van der Waals surface area contributed by atoms with Crippen LogP contribution in [0, 0.1) is 0 Å². The average molecular weight is 272 g/mol. The van der Waals surface area contributed by atoms with Crippen molar-refractivity contribution in [2.45, 2.75) is 32.4 Å². The molecule has 5 nitrogen and oxygen atoms in total. The van der Waals surface area contributed by atoms with Crippen LogP contribution in [0.15, 0.2) is 23.1 Å². The molecule has 0 saturated carbocycles. The fraction of sp³-hybridized carbons (Fsp3) is 0.500. The molecule has 1 fully saturated rings. The minimum absolute atomic E-state index is 0. The number of halogens is 1. The van der Waals surface area contributed by atoms with Crippen molar-refractivity contribution in [1.82, 2.24) is 9.88 Å². The van der Waals surface area contributed by atoms with Gasteiger partial charge in [0.15, 0.2) is 0 Å². The maximum Gasteiger partial charge on any atom is 0.250 e. The molecule has 1 aromatic heterocycles. The third-order valence-electron chi connectivity index (χ3n) is 2.97. The first-order chi connectivity index (χ1) is 8.20. The van der Waals surface area contributed by atoms with Gasteiger partial charge in [-0.3, -0.25) is 9.59 Å². The van der Waals surface area contributed by atoms with Crippen LogP contribution in [0.1, 0.15) is 19.8 Å². The predicted molar refractivity (Wildman–Crippen MR) is 73.3 cm³/mol. The van der Waals surface area contributed by atoms with Gasteiger partial charge < -0.3 is 15.2 Å². The fourth-order valence-electron chi connectivity index (χ4n) is 1.99. The van der Waals surface area contributed by atoms with E-state index in [1.165, 1.54) is 6.07 Å². The Bertz CT molecular complexity index is 467. The molecular weight excluding hydrogens is 254 g/mol. The summed E-state index contributed by atoms with van der Waals surface area (Å²) in [5, 5.41) is 5.96. The molecule has 0 aliphatic carbocycles. The number of aryl methyl sites for hydroxylation is 1. The van der Waals surface area contributed by atoms with Crippen molar-refractivity contribution in [3.05, 3.63) is 28.7 Å². The van der Waals surface area contributed by atoms with Crippen molar-refractivity contribution >= 4 is 24.0 Å². The molecule has 0 unspecified atom stereocenters. The summed E-state index contributed by atoms with van der Waals surface area (Å²) in [5.74, 6) is -0.0243. The summed E-state index contributed by atoms with van der Waals surface area (Å²) in [7, 11) is 0. The summed E-state index contributed by atoms with van der Waals surface area (Å²) >= 11 is 0. The van der Waals surface area contributed by atoms with Crippen LogP contribution in [0.25, 0.3) is 0 Å². The van der Waals surface area contributed by atoms with Crippen molar-refractivity contribution in [2.75, 3.05) is 11.9 Å². The smallest absolute Gasteiger partial charge is 0.250 e. The lowest BCUT2D eigenvalue weighted by molar-refractivity contribution is -0.117. The SMILES string of the molecule is CCn1cc(NC(=O)[C@@H]2CCCN2)ccc1=O.Cl. The zero-order valence-corrected chi connectivity index (χ0v) is 11.1. The molecule has 2 rings (SSSR count). The molecule has 0 spiro atoms. The monoisotopic (exact) mass is 271 g/mol. The van der Waals surface area contributed by atoms with E-state index in [2.05, 4.69) is 10.6 Å². The van der Waals surface area contributed by atoms with E-state index in [4.69, 9.17) is 0 Å². The number of anilines is 1. The van der Waals surface area contributed by atoms with Crippen LogP contribution < -0.4 is 16.2 Å². The molecule has 0 bridgehead atoms. The molecule has 1 aliphatic rings. The van der Waals surface area contributed by atoms with Crippen molar-refractivity contribution in [3.63, 3.8) is 0 Å². The normalized spacial score (nSPS) is 18.2. The average Bonchev–Trinajstić information content (AvgIpc) is 2.85. The molecular formula is C12H18ClN3O2. The maximum atomic E-state index is 11.8. The first kappa shape index (κ1) is 14.7. The summed E-state index contributed by atoms with van der Waals surface area (Å²) in [6.07, 6.45) is 3.58. The van der Waals surface area contributed by atoms with Gasteiger partial charge in [-0.2, -0.15) is 0 Å². The number of amides is 1. The molecule has 0 radical (unpaired) electrons. The topological polar surface area (TPSA) is 63.1 Å². The van der Waals surface area contributed by atoms with Crippen LogP contribution in [0.2, 0.25) is 0 Å². The summed E-state index contributed by atoms with van der Waals surface area (Å²) in [6, 6.07) is 3.01. The first-order valence-corrected chi connectivity index (χ1v) is 5.95. The van der Waals surface area contributed by atoms with Crippen LogP contribution in [-0.4, -0.2) is 23.1 Å². The summed E-state index contributed by atoms with van der Waals surface area (Å²) in [4.78, 5) is 23.2. The quantitative estimate of drug-likeness (QED) is 0.861. The number of carbonyl (C=O) groups excluding carboxylic acids is 1. The molecule has 18 heavy (non-hydrogen) atoms. The first-order valence-electron chi connectivity index (χ1n) is 5.95. The van der Waals surface area contributed by atoms with Crippen LogP contribution >= 0.6 is 12.4 Å². The number of hydrogen-bond acceptors (Lipinski definition) is 3. The highest BCUT2D eigenvalue weighted by molar-refractivity contribution is 5.94. The summed E-state index contributed by atoms with van der Waals surface area (Å²) < 4.78 is 1.57. The zero-order chi connectivity index (χ0) is 12.3. The molecule has 1 saturated heterocycles. The molecule has 1 aromatic rings. The Balaban J connectivity index is 0.00000162. The number of nitrogens with one attached hydrogen (secondary N) is 2. The Hall–Kier alpha value is -1.33. The third kappa shape index (κ3) is 3.34. The van der Waals surface area contributed by atoms with Crippen LogP contribution in [0.4, 0.5) is 5.69 Å². The molecule has 1 atom stereocenters. The van der Waals surface area contributed by atoms with E-state index in [0.717, 1.165) is 19.4 Å². The standard InChI is InChI=1S/C12H17N3O2.ClH/c1-2-15-8-9(5-6-11(15)16)14-12(17)10-4-3-7-13-10;/h5-6,8,10,13H,2-4,7H2,1H3,(H,14,17);1H/t10-;/m0./s1. The van der Waals surface area contributed by atoms with E-state index >= 15 is 0 Å². The van der Waals surface area contributed by atoms with Crippen molar-refractivity contribution in [2.24, 2.45) is 0 Å². The minimum Gasteiger partial charge on any atom is -0.323 e. The van der Waals surface area contributed by atoms with E-state index < -0.39 is 0 Å². The molecule has 100 valence electrons. The Morgan fingerprint density at radius 3 is 2.94 bits per heavy atom. The Morgan fingerprint density at radius 1 is 1.56 bits per heavy atom. The number of nitrogens with zero attached hydrogens (tertiary/aromatic N) is 1. The maximum absolute atomic E-state index is 11.8. The van der Waals surface area contributed by atoms with Gasteiger partial charge >= 0.3 is 0 Å². The Morgan fingerprint density at radius 2 is 2.33 bits per heavy atom. The van der Waals surface area contributed by atoms with Crippen molar-refractivity contribution in [1.29, 1.82) is 0 Å². The fourth-order valence-corrected chi connectivity index (χ4v) is 1.99. The van der Waals surface area contributed by atoms with Gasteiger partial charge in [-0.15, -0.1) is 12.4 Å². The second-order valence-corrected chi connectivity index (χ2v) is 4.18. The van der Waals surface area contributed by atoms with Gasteiger partial charge in [0.1, 0.15) is 0 Å². The van der Waals surface area contributed by atoms with Crippen LogP contribution in [0.5, 0.6) is 0 Å². The van der Waals surface area contributed by atoms with Gasteiger partial charge in [-0.05, 0) is 32.4 Å². The second-order valence-electron chi connectivity index (χ2n) is 4.18. The third-order valence-corrected chi connectivity index (χ3v) is 2.97. The second kappa shape index (κ2) is 6.56. The molecule has 1 amide bonds. The minimum atomic E-state index is -0.1000. The highest BCUT2D eigenvalue weighted by Gasteiger charge is 2.21. The van der Waals surface area contributed by atoms with E-state index in [1.54, 1.807) is 16.8 Å². The predicted octanol–water partition coefficient (Wildman–Crippen LogP) is 0.980. The molecule has 1 aliphatic heterocycles. The van der Waals surface area contributed by atoms with Gasteiger partial charge in [0, 0.05) is 18.8 Å². The zero-order valence-electron chi connectivity index (χ0n) is 10.3. The highest BCUT2D eigenvalue weighted by Crippen LogP contribution is 2.09. The van der Waals surface area contributed by atoms with E-state index in [9.17, 15) is 9.59 Å².